The molecule has 4 aromatic carbocycles. The third-order valence-electron chi connectivity index (χ3n) is 7.82. The molecule has 4 aromatic rings. The monoisotopic (exact) mass is 618 g/mol. The van der Waals surface area contributed by atoms with Crippen molar-refractivity contribution in [3.63, 3.8) is 0 Å². The van der Waals surface area contributed by atoms with Gasteiger partial charge < -0.3 is 9.47 Å². The molecule has 0 fully saturated rings. The average Bonchev–Trinajstić information content (AvgIpc) is 3.10. The highest BCUT2D eigenvalue weighted by atomic mass is 16.5. The Hall–Kier alpha value is -4.32. The summed E-state index contributed by atoms with van der Waals surface area (Å²) in [7, 11) is 0. The molecule has 0 aromatic heterocycles. The zero-order chi connectivity index (χ0) is 32.1. The van der Waals surface area contributed by atoms with E-state index < -0.39 is 0 Å². The van der Waals surface area contributed by atoms with Gasteiger partial charge in [0.15, 0.2) is 0 Å². The van der Waals surface area contributed by atoms with Gasteiger partial charge in [0.1, 0.15) is 11.5 Å². The molecule has 0 radical (unpaired) electrons. The molecule has 0 saturated heterocycles. The number of unbranched alkanes of at least 4 members (excludes halogenated alkanes) is 7. The van der Waals surface area contributed by atoms with Crippen LogP contribution in [0.15, 0.2) is 118 Å². The van der Waals surface area contributed by atoms with Crippen molar-refractivity contribution in [3.8, 4) is 11.5 Å². The molecular weight excluding hydrogens is 568 g/mol. The Morgan fingerprint density at radius 1 is 0.370 bits per heavy atom. The van der Waals surface area contributed by atoms with Crippen molar-refractivity contribution < 1.29 is 9.47 Å². The van der Waals surface area contributed by atoms with Crippen LogP contribution < -0.4 is 9.47 Å². The Kier molecular flexibility index (Phi) is 15.5. The van der Waals surface area contributed by atoms with Gasteiger partial charge >= 0.3 is 0 Å². The Bertz CT molecular complexity index is 1320. The number of rotatable bonds is 21. The number of hydrogen-bond acceptors (Lipinski definition) is 6. The first kappa shape index (κ1) is 34.6. The maximum absolute atomic E-state index is 5.92. The second-order valence-electron chi connectivity index (χ2n) is 11.7. The van der Waals surface area contributed by atoms with Crippen molar-refractivity contribution in [1.82, 2.24) is 0 Å². The van der Waals surface area contributed by atoms with E-state index in [9.17, 15) is 0 Å². The largest absolute Gasteiger partial charge is 0.494 e. The normalized spacial score (nSPS) is 11.4. The predicted molar refractivity (Wildman–Crippen MR) is 190 cm³/mol. The van der Waals surface area contributed by atoms with Crippen LogP contribution in [0.5, 0.6) is 11.5 Å². The highest BCUT2D eigenvalue weighted by Gasteiger charge is 2.00. The fraction of sp³-hybridized carbons (Fsp3) is 0.400. The summed E-state index contributed by atoms with van der Waals surface area (Å²) < 4.78 is 11.8. The second kappa shape index (κ2) is 20.7. The van der Waals surface area contributed by atoms with Gasteiger partial charge in [-0.25, -0.2) is 0 Å². The molecule has 0 bridgehead atoms. The SMILES string of the molecule is CCCCc1ccc(N=Nc2ccc(OCCCCCCCCOc3ccc(N=Nc4ccc(CCCC)cc4)cc3)cc2)cc1. The summed E-state index contributed by atoms with van der Waals surface area (Å²) in [5, 5.41) is 17.4. The van der Waals surface area contributed by atoms with Gasteiger partial charge in [-0.2, -0.15) is 20.5 Å². The summed E-state index contributed by atoms with van der Waals surface area (Å²) in [5.74, 6) is 1.75. The van der Waals surface area contributed by atoms with E-state index in [0.717, 1.165) is 73.1 Å². The maximum atomic E-state index is 5.92. The van der Waals surface area contributed by atoms with E-state index in [1.54, 1.807) is 0 Å². The first-order chi connectivity index (χ1) is 22.7. The number of azo groups is 2. The van der Waals surface area contributed by atoms with Crippen molar-refractivity contribution in [2.24, 2.45) is 20.5 Å². The van der Waals surface area contributed by atoms with Gasteiger partial charge in [-0.3, -0.25) is 0 Å². The quantitative estimate of drug-likeness (QED) is 0.0688. The number of aryl methyl sites for hydroxylation is 2. The van der Waals surface area contributed by atoms with Crippen molar-refractivity contribution in [1.29, 1.82) is 0 Å². The minimum Gasteiger partial charge on any atom is -0.494 e. The van der Waals surface area contributed by atoms with Crippen molar-refractivity contribution in [2.45, 2.75) is 90.9 Å². The lowest BCUT2D eigenvalue weighted by Gasteiger charge is -2.07. The Morgan fingerprint density at radius 3 is 1.00 bits per heavy atom. The lowest BCUT2D eigenvalue weighted by atomic mass is 10.1. The second-order valence-corrected chi connectivity index (χ2v) is 11.7. The highest BCUT2D eigenvalue weighted by molar-refractivity contribution is 5.44. The first-order valence-electron chi connectivity index (χ1n) is 17.2. The molecule has 0 atom stereocenters. The van der Waals surface area contributed by atoms with Crippen LogP contribution in [-0.2, 0) is 12.8 Å². The summed E-state index contributed by atoms with van der Waals surface area (Å²) in [6.07, 6.45) is 14.0. The predicted octanol–water partition coefficient (Wildman–Crippen LogP) is 13.0. The molecule has 4 rings (SSSR count). The number of hydrogen-bond donors (Lipinski definition) is 0. The number of benzene rings is 4. The van der Waals surface area contributed by atoms with Gasteiger partial charge in [0.05, 0.1) is 36.0 Å². The Morgan fingerprint density at radius 2 is 0.674 bits per heavy atom. The average molecular weight is 619 g/mol. The fourth-order valence-corrected chi connectivity index (χ4v) is 4.96. The number of ether oxygens (including phenoxy) is 2. The van der Waals surface area contributed by atoms with E-state index in [2.05, 4.69) is 58.6 Å². The molecular formula is C40H50N4O2. The van der Waals surface area contributed by atoms with Gasteiger partial charge in [-0.1, -0.05) is 76.6 Å². The lowest BCUT2D eigenvalue weighted by Crippen LogP contribution is -1.98. The molecule has 0 aliphatic carbocycles. The summed E-state index contributed by atoms with van der Waals surface area (Å²) in [5.41, 5.74) is 6.10. The van der Waals surface area contributed by atoms with E-state index in [1.165, 1.54) is 62.5 Å². The van der Waals surface area contributed by atoms with Crippen molar-refractivity contribution >= 4 is 22.7 Å². The van der Waals surface area contributed by atoms with Gasteiger partial charge in [-0.05, 0) is 122 Å². The van der Waals surface area contributed by atoms with Crippen LogP contribution in [-0.4, -0.2) is 13.2 Å². The minimum atomic E-state index is 0.731. The zero-order valence-electron chi connectivity index (χ0n) is 27.7. The van der Waals surface area contributed by atoms with Crippen LogP contribution in [0.2, 0.25) is 0 Å². The van der Waals surface area contributed by atoms with Gasteiger partial charge in [-0.15, -0.1) is 0 Å². The third-order valence-corrected chi connectivity index (χ3v) is 7.82. The molecule has 0 saturated carbocycles. The van der Waals surface area contributed by atoms with E-state index in [0.29, 0.717) is 0 Å². The van der Waals surface area contributed by atoms with Crippen molar-refractivity contribution in [2.75, 3.05) is 13.2 Å². The summed E-state index contributed by atoms with van der Waals surface area (Å²) in [6, 6.07) is 32.4. The van der Waals surface area contributed by atoms with Crippen LogP contribution in [0.4, 0.5) is 22.7 Å². The topological polar surface area (TPSA) is 67.9 Å². The molecule has 242 valence electrons. The van der Waals surface area contributed by atoms with Gasteiger partial charge in [0.25, 0.3) is 0 Å². The molecule has 0 amide bonds. The van der Waals surface area contributed by atoms with E-state index >= 15 is 0 Å². The number of nitrogens with zero attached hydrogens (tertiary/aromatic N) is 4. The Balaban J connectivity index is 1.01. The molecule has 6 heteroatoms. The minimum absolute atomic E-state index is 0.731. The molecule has 46 heavy (non-hydrogen) atoms. The molecule has 0 aliphatic heterocycles. The zero-order valence-corrected chi connectivity index (χ0v) is 27.7. The molecule has 0 unspecified atom stereocenters. The van der Waals surface area contributed by atoms with Gasteiger partial charge in [0.2, 0.25) is 0 Å². The molecule has 0 heterocycles. The standard InChI is InChI=1S/C40H50N4O2/c1-3-5-13-33-15-19-35(20-16-33)41-43-37-23-27-39(28-24-37)45-31-11-9-7-8-10-12-32-46-40-29-25-38(26-30-40)44-42-36-21-17-34(18-22-36)14-6-4-2/h15-30H,3-14,31-32H2,1-2H3. The van der Waals surface area contributed by atoms with Crippen LogP contribution in [0.1, 0.15) is 89.2 Å². The Labute approximate surface area is 276 Å². The maximum Gasteiger partial charge on any atom is 0.119 e. The fourth-order valence-electron chi connectivity index (χ4n) is 4.96. The van der Waals surface area contributed by atoms with Gasteiger partial charge in [0, 0.05) is 0 Å². The van der Waals surface area contributed by atoms with E-state index in [1.807, 2.05) is 72.8 Å². The lowest BCUT2D eigenvalue weighted by molar-refractivity contribution is 0.297. The first-order valence-corrected chi connectivity index (χ1v) is 17.2. The third kappa shape index (κ3) is 13.4. The van der Waals surface area contributed by atoms with Crippen LogP contribution in [0.3, 0.4) is 0 Å². The smallest absolute Gasteiger partial charge is 0.119 e. The van der Waals surface area contributed by atoms with Crippen molar-refractivity contribution in [3.05, 3.63) is 108 Å². The highest BCUT2D eigenvalue weighted by Crippen LogP contribution is 2.24. The molecule has 0 spiro atoms. The van der Waals surface area contributed by atoms with Crippen LogP contribution >= 0.6 is 0 Å². The van der Waals surface area contributed by atoms with E-state index in [4.69, 9.17) is 9.47 Å². The van der Waals surface area contributed by atoms with Crippen LogP contribution in [0.25, 0.3) is 0 Å². The van der Waals surface area contributed by atoms with E-state index in [-0.39, 0.29) is 0 Å². The van der Waals surface area contributed by atoms with Crippen LogP contribution in [0, 0.1) is 0 Å². The summed E-state index contributed by atoms with van der Waals surface area (Å²) in [6.45, 7) is 5.89. The molecule has 0 N–H and O–H groups in total. The molecule has 6 nitrogen and oxygen atoms in total. The molecule has 0 aliphatic rings. The summed E-state index contributed by atoms with van der Waals surface area (Å²) >= 11 is 0. The summed E-state index contributed by atoms with van der Waals surface area (Å²) in [4.78, 5) is 0.